The monoisotopic (exact) mass is 259 g/mol. The lowest BCUT2D eigenvalue weighted by Crippen LogP contribution is -2.16. The van der Waals surface area contributed by atoms with E-state index in [1.807, 2.05) is 6.07 Å². The molecule has 2 aromatic carbocycles. The summed E-state index contributed by atoms with van der Waals surface area (Å²) in [5.41, 5.74) is 0.777. The van der Waals surface area contributed by atoms with Crippen molar-refractivity contribution < 1.29 is 14.3 Å². The lowest BCUT2D eigenvalue weighted by Gasteiger charge is -2.11. The van der Waals surface area contributed by atoms with Gasteiger partial charge in [-0.15, -0.1) is 0 Å². The molecular weight excluding hydrogens is 245 g/mol. The van der Waals surface area contributed by atoms with E-state index >= 15 is 0 Å². The summed E-state index contributed by atoms with van der Waals surface area (Å²) < 4.78 is 13.3. The van der Waals surface area contributed by atoms with E-state index in [1.54, 1.807) is 36.4 Å². The molecule has 0 saturated heterocycles. The second kappa shape index (κ2) is 6.11. The molecule has 1 unspecified atom stereocenters. The average molecular weight is 259 g/mol. The van der Waals surface area contributed by atoms with Crippen LogP contribution in [0.25, 0.3) is 0 Å². The fourth-order valence-corrected chi connectivity index (χ4v) is 1.73. The van der Waals surface area contributed by atoms with E-state index < -0.39 is 17.8 Å². The second-order valence-corrected chi connectivity index (χ2v) is 4.16. The largest absolute Gasteiger partial charge is 0.388 e. The van der Waals surface area contributed by atoms with Gasteiger partial charge in [0, 0.05) is 0 Å². The van der Waals surface area contributed by atoms with Crippen molar-refractivity contribution >= 4 is 11.6 Å². The number of hydrogen-bond donors (Lipinski definition) is 2. The lowest BCUT2D eigenvalue weighted by atomic mass is 10.1. The molecule has 2 aromatic rings. The first-order valence-electron chi connectivity index (χ1n) is 5.94. The van der Waals surface area contributed by atoms with Gasteiger partial charge >= 0.3 is 0 Å². The van der Waals surface area contributed by atoms with Gasteiger partial charge in [0.1, 0.15) is 5.82 Å². The first-order valence-corrected chi connectivity index (χ1v) is 5.94. The SMILES string of the molecule is O=C(CC(O)c1ccccc1)Nc1ccccc1F. The average Bonchev–Trinajstić information content (AvgIpc) is 2.42. The molecule has 0 saturated carbocycles. The molecule has 0 fully saturated rings. The smallest absolute Gasteiger partial charge is 0.227 e. The first kappa shape index (κ1) is 13.2. The van der Waals surface area contributed by atoms with Crippen LogP contribution in [0.3, 0.4) is 0 Å². The van der Waals surface area contributed by atoms with Crippen LogP contribution >= 0.6 is 0 Å². The summed E-state index contributed by atoms with van der Waals surface area (Å²) in [6.07, 6.45) is -1.01. The Hall–Kier alpha value is -2.20. The van der Waals surface area contributed by atoms with Crippen LogP contribution in [-0.2, 0) is 4.79 Å². The molecule has 98 valence electrons. The Morgan fingerprint density at radius 1 is 1.11 bits per heavy atom. The van der Waals surface area contributed by atoms with Gasteiger partial charge in [0.05, 0.1) is 18.2 Å². The number of aliphatic hydroxyl groups is 1. The molecule has 0 radical (unpaired) electrons. The number of para-hydroxylation sites is 1. The predicted molar refractivity (Wildman–Crippen MR) is 71.0 cm³/mol. The minimum atomic E-state index is -0.895. The maximum atomic E-state index is 13.3. The Balaban J connectivity index is 1.97. The Morgan fingerprint density at radius 2 is 1.74 bits per heavy atom. The van der Waals surface area contributed by atoms with Crippen molar-refractivity contribution in [3.8, 4) is 0 Å². The third-order valence-corrected chi connectivity index (χ3v) is 2.71. The highest BCUT2D eigenvalue weighted by Gasteiger charge is 2.13. The van der Waals surface area contributed by atoms with Crippen molar-refractivity contribution in [3.63, 3.8) is 0 Å². The van der Waals surface area contributed by atoms with Gasteiger partial charge in [0.15, 0.2) is 0 Å². The molecule has 1 amide bonds. The standard InChI is InChI=1S/C15H14FNO2/c16-12-8-4-5-9-13(12)17-15(19)10-14(18)11-6-2-1-3-7-11/h1-9,14,18H,10H2,(H,17,19). The van der Waals surface area contributed by atoms with E-state index in [9.17, 15) is 14.3 Å². The number of amides is 1. The number of carbonyl (C=O) groups excluding carboxylic acids is 1. The van der Waals surface area contributed by atoms with Gasteiger partial charge in [0.2, 0.25) is 5.91 Å². The van der Waals surface area contributed by atoms with E-state index in [1.165, 1.54) is 12.1 Å². The highest BCUT2D eigenvalue weighted by atomic mass is 19.1. The molecule has 4 heteroatoms. The molecule has 0 aliphatic rings. The molecule has 0 heterocycles. The zero-order valence-electron chi connectivity index (χ0n) is 10.2. The fourth-order valence-electron chi connectivity index (χ4n) is 1.73. The normalized spacial score (nSPS) is 11.9. The van der Waals surface area contributed by atoms with Crippen molar-refractivity contribution in [1.29, 1.82) is 0 Å². The van der Waals surface area contributed by atoms with Gasteiger partial charge in [-0.25, -0.2) is 4.39 Å². The molecule has 0 bridgehead atoms. The molecule has 19 heavy (non-hydrogen) atoms. The molecule has 0 aliphatic heterocycles. The first-order chi connectivity index (χ1) is 9.16. The number of nitrogens with one attached hydrogen (secondary N) is 1. The molecule has 2 N–H and O–H groups in total. The van der Waals surface area contributed by atoms with Crippen LogP contribution in [0.1, 0.15) is 18.1 Å². The van der Waals surface area contributed by atoms with Crippen LogP contribution in [0.2, 0.25) is 0 Å². The maximum absolute atomic E-state index is 13.3. The number of carbonyl (C=O) groups is 1. The highest BCUT2D eigenvalue weighted by Crippen LogP contribution is 2.18. The van der Waals surface area contributed by atoms with Crippen molar-refractivity contribution in [2.75, 3.05) is 5.32 Å². The number of benzene rings is 2. The molecule has 0 spiro atoms. The van der Waals surface area contributed by atoms with E-state index in [-0.39, 0.29) is 12.1 Å². The molecule has 1 atom stereocenters. The molecule has 0 aliphatic carbocycles. The Morgan fingerprint density at radius 3 is 2.42 bits per heavy atom. The molecule has 2 rings (SSSR count). The highest BCUT2D eigenvalue weighted by molar-refractivity contribution is 5.91. The third kappa shape index (κ3) is 3.63. The van der Waals surface area contributed by atoms with Crippen LogP contribution < -0.4 is 5.32 Å². The summed E-state index contributed by atoms with van der Waals surface area (Å²) in [5, 5.41) is 12.3. The zero-order chi connectivity index (χ0) is 13.7. The van der Waals surface area contributed by atoms with Crippen molar-refractivity contribution in [1.82, 2.24) is 0 Å². The van der Waals surface area contributed by atoms with Crippen molar-refractivity contribution in [3.05, 3.63) is 66.0 Å². The van der Waals surface area contributed by atoms with Gasteiger partial charge in [-0.05, 0) is 17.7 Å². The van der Waals surface area contributed by atoms with Gasteiger partial charge < -0.3 is 10.4 Å². The quantitative estimate of drug-likeness (QED) is 0.887. The fraction of sp³-hybridized carbons (Fsp3) is 0.133. The summed E-state index contributed by atoms with van der Waals surface area (Å²) >= 11 is 0. The van der Waals surface area contributed by atoms with Crippen molar-refractivity contribution in [2.45, 2.75) is 12.5 Å². The summed E-state index contributed by atoms with van der Waals surface area (Å²) in [7, 11) is 0. The van der Waals surface area contributed by atoms with Gasteiger partial charge in [-0.1, -0.05) is 42.5 Å². The van der Waals surface area contributed by atoms with E-state index in [2.05, 4.69) is 5.32 Å². The second-order valence-electron chi connectivity index (χ2n) is 4.16. The van der Waals surface area contributed by atoms with Crippen LogP contribution in [0.15, 0.2) is 54.6 Å². The zero-order valence-corrected chi connectivity index (χ0v) is 10.2. The number of halogens is 1. The maximum Gasteiger partial charge on any atom is 0.227 e. The molecular formula is C15H14FNO2. The van der Waals surface area contributed by atoms with Crippen LogP contribution in [0.4, 0.5) is 10.1 Å². The third-order valence-electron chi connectivity index (χ3n) is 2.71. The van der Waals surface area contributed by atoms with Gasteiger partial charge in [-0.3, -0.25) is 4.79 Å². The van der Waals surface area contributed by atoms with Gasteiger partial charge in [0.25, 0.3) is 0 Å². The van der Waals surface area contributed by atoms with Gasteiger partial charge in [-0.2, -0.15) is 0 Å². The summed E-state index contributed by atoms with van der Waals surface area (Å²) in [4.78, 5) is 11.7. The van der Waals surface area contributed by atoms with Crippen LogP contribution in [0.5, 0.6) is 0 Å². The topological polar surface area (TPSA) is 49.3 Å². The number of aliphatic hydroxyl groups excluding tert-OH is 1. The van der Waals surface area contributed by atoms with Crippen LogP contribution in [-0.4, -0.2) is 11.0 Å². The summed E-state index contributed by atoms with van der Waals surface area (Å²) in [5.74, 6) is -0.925. The number of rotatable bonds is 4. The van der Waals surface area contributed by atoms with Crippen molar-refractivity contribution in [2.24, 2.45) is 0 Å². The van der Waals surface area contributed by atoms with E-state index in [0.717, 1.165) is 0 Å². The Bertz CT molecular complexity index is 557. The minimum absolute atomic E-state index is 0.113. The Labute approximate surface area is 110 Å². The molecule has 3 nitrogen and oxygen atoms in total. The van der Waals surface area contributed by atoms with E-state index in [0.29, 0.717) is 5.56 Å². The minimum Gasteiger partial charge on any atom is -0.388 e. The Kier molecular flexibility index (Phi) is 4.26. The van der Waals surface area contributed by atoms with Crippen LogP contribution in [0, 0.1) is 5.82 Å². The summed E-state index contributed by atoms with van der Waals surface area (Å²) in [6, 6.07) is 14.8. The number of hydrogen-bond acceptors (Lipinski definition) is 2. The number of anilines is 1. The summed E-state index contributed by atoms with van der Waals surface area (Å²) in [6.45, 7) is 0. The van der Waals surface area contributed by atoms with E-state index in [4.69, 9.17) is 0 Å². The lowest BCUT2D eigenvalue weighted by molar-refractivity contribution is -0.118. The molecule has 0 aromatic heterocycles. The predicted octanol–water partition coefficient (Wildman–Crippen LogP) is 2.89.